The number of piperidine rings is 1. The molecule has 1 saturated heterocycles. The maximum Gasteiger partial charge on any atom is 0.0723 e. The van der Waals surface area contributed by atoms with Gasteiger partial charge in [0, 0.05) is 43.9 Å². The highest BCUT2D eigenvalue weighted by Crippen LogP contribution is 2.31. The second-order valence-corrected chi connectivity index (χ2v) is 5.28. The van der Waals surface area contributed by atoms with Gasteiger partial charge in [0.25, 0.3) is 0 Å². The fourth-order valence-electron chi connectivity index (χ4n) is 3.01. The second-order valence-electron chi connectivity index (χ2n) is 5.28. The van der Waals surface area contributed by atoms with E-state index in [2.05, 4.69) is 28.1 Å². The van der Waals surface area contributed by atoms with E-state index in [1.807, 2.05) is 12.3 Å². The smallest absolute Gasteiger partial charge is 0.0723 e. The molecule has 2 N–H and O–H groups in total. The first-order valence-corrected chi connectivity index (χ1v) is 7.18. The number of methoxy groups -OCH3 is 1. The number of para-hydroxylation sites is 1. The number of nitrogens with two attached hydrogens (primary N) is 1. The molecule has 1 aliphatic heterocycles. The van der Waals surface area contributed by atoms with Crippen LogP contribution in [0.2, 0.25) is 0 Å². The van der Waals surface area contributed by atoms with Crippen LogP contribution in [-0.4, -0.2) is 31.3 Å². The molecule has 0 radical (unpaired) electrons. The third kappa shape index (κ3) is 2.37. The summed E-state index contributed by atoms with van der Waals surface area (Å²) in [6, 6.07) is 8.29. The highest BCUT2D eigenvalue weighted by molar-refractivity contribution is 5.93. The molecular formula is C16H21N3O. The summed E-state index contributed by atoms with van der Waals surface area (Å²) >= 11 is 0. The highest BCUT2D eigenvalue weighted by Gasteiger charge is 2.22. The van der Waals surface area contributed by atoms with E-state index in [9.17, 15) is 0 Å². The summed E-state index contributed by atoms with van der Waals surface area (Å²) in [7, 11) is 1.80. The van der Waals surface area contributed by atoms with E-state index in [0.717, 1.165) is 37.0 Å². The minimum atomic E-state index is 0.390. The summed E-state index contributed by atoms with van der Waals surface area (Å²) in [6.45, 7) is 2.55. The summed E-state index contributed by atoms with van der Waals surface area (Å²) in [6.07, 6.45) is 4.44. The van der Waals surface area contributed by atoms with Gasteiger partial charge in [-0.25, -0.2) is 0 Å². The Hall–Kier alpha value is -1.65. The quantitative estimate of drug-likeness (QED) is 0.930. The third-order valence-electron chi connectivity index (χ3n) is 4.13. The normalized spacial score (nSPS) is 16.8. The molecule has 0 atom stereocenters. The summed E-state index contributed by atoms with van der Waals surface area (Å²) in [5, 5.41) is 1.20. The number of hydrogen-bond acceptors (Lipinski definition) is 4. The van der Waals surface area contributed by atoms with E-state index >= 15 is 0 Å². The number of nitrogens with zero attached hydrogens (tertiary/aromatic N) is 2. The Kier molecular flexibility index (Phi) is 3.85. The molecule has 1 aromatic carbocycles. The molecule has 2 heterocycles. The number of benzene rings is 1. The van der Waals surface area contributed by atoms with Crippen LogP contribution in [-0.2, 0) is 11.3 Å². The van der Waals surface area contributed by atoms with Crippen LogP contribution >= 0.6 is 0 Å². The Morgan fingerprint density at radius 1 is 1.30 bits per heavy atom. The van der Waals surface area contributed by atoms with E-state index in [0.29, 0.717) is 12.6 Å². The largest absolute Gasteiger partial charge is 0.381 e. The maximum atomic E-state index is 5.91. The van der Waals surface area contributed by atoms with Crippen molar-refractivity contribution >= 4 is 16.6 Å². The Morgan fingerprint density at radius 3 is 2.75 bits per heavy atom. The number of fused-ring (bicyclic) bond motifs is 1. The van der Waals surface area contributed by atoms with Gasteiger partial charge in [-0.3, -0.25) is 4.98 Å². The number of rotatable bonds is 3. The molecule has 0 amide bonds. The van der Waals surface area contributed by atoms with Crippen LogP contribution in [0.15, 0.2) is 30.5 Å². The lowest BCUT2D eigenvalue weighted by Crippen LogP contribution is -2.37. The zero-order valence-electron chi connectivity index (χ0n) is 11.9. The molecule has 1 fully saturated rings. The summed E-state index contributed by atoms with van der Waals surface area (Å²) in [5.41, 5.74) is 9.33. The zero-order chi connectivity index (χ0) is 13.9. The van der Waals surface area contributed by atoms with Crippen LogP contribution < -0.4 is 10.6 Å². The van der Waals surface area contributed by atoms with E-state index in [-0.39, 0.29) is 0 Å². The summed E-state index contributed by atoms with van der Waals surface area (Å²) < 4.78 is 5.46. The van der Waals surface area contributed by atoms with E-state index < -0.39 is 0 Å². The van der Waals surface area contributed by atoms with Gasteiger partial charge < -0.3 is 15.4 Å². The summed E-state index contributed by atoms with van der Waals surface area (Å²) in [4.78, 5) is 6.94. The van der Waals surface area contributed by atoms with Gasteiger partial charge >= 0.3 is 0 Å². The molecule has 0 unspecified atom stereocenters. The fourth-order valence-corrected chi connectivity index (χ4v) is 3.01. The molecule has 0 aliphatic carbocycles. The average molecular weight is 271 g/mol. The predicted molar refractivity (Wildman–Crippen MR) is 81.9 cm³/mol. The molecular weight excluding hydrogens is 250 g/mol. The zero-order valence-corrected chi connectivity index (χ0v) is 11.9. The number of aromatic nitrogens is 1. The Balaban J connectivity index is 2.01. The van der Waals surface area contributed by atoms with Gasteiger partial charge in [-0.1, -0.05) is 18.2 Å². The van der Waals surface area contributed by atoms with Crippen LogP contribution in [0.25, 0.3) is 10.9 Å². The van der Waals surface area contributed by atoms with E-state index in [1.54, 1.807) is 7.11 Å². The molecule has 2 aromatic rings. The van der Waals surface area contributed by atoms with Gasteiger partial charge in [0.1, 0.15) is 0 Å². The Labute approximate surface area is 119 Å². The van der Waals surface area contributed by atoms with Crippen molar-refractivity contribution in [2.75, 3.05) is 25.1 Å². The van der Waals surface area contributed by atoms with Crippen LogP contribution in [0, 0.1) is 0 Å². The lowest BCUT2D eigenvalue weighted by Gasteiger charge is -2.34. The van der Waals surface area contributed by atoms with Gasteiger partial charge in [-0.05, 0) is 18.9 Å². The topological polar surface area (TPSA) is 51.4 Å². The first-order chi connectivity index (χ1) is 9.83. The van der Waals surface area contributed by atoms with Crippen LogP contribution in [0.3, 0.4) is 0 Å². The monoisotopic (exact) mass is 271 g/mol. The minimum Gasteiger partial charge on any atom is -0.381 e. The first-order valence-electron chi connectivity index (χ1n) is 7.18. The fraction of sp³-hybridized carbons (Fsp3) is 0.438. The average Bonchev–Trinajstić information content (AvgIpc) is 2.54. The molecule has 3 rings (SSSR count). The number of anilines is 1. The standard InChI is InChI=1S/C16H21N3O/c1-20-13-6-8-19(9-7-13)16-12(10-17)11-18-15-5-3-2-4-14(15)16/h2-5,11,13H,6-10,17H2,1H3. The molecule has 1 aliphatic rings. The molecule has 106 valence electrons. The Bertz CT molecular complexity index is 591. The van der Waals surface area contributed by atoms with Crippen molar-refractivity contribution in [1.82, 2.24) is 4.98 Å². The van der Waals surface area contributed by atoms with Crippen molar-refractivity contribution in [1.29, 1.82) is 0 Å². The number of hydrogen-bond donors (Lipinski definition) is 1. The summed E-state index contributed by atoms with van der Waals surface area (Å²) in [5.74, 6) is 0. The number of ether oxygens (including phenoxy) is 1. The highest BCUT2D eigenvalue weighted by atomic mass is 16.5. The van der Waals surface area contributed by atoms with E-state index in [4.69, 9.17) is 10.5 Å². The molecule has 0 bridgehead atoms. The van der Waals surface area contributed by atoms with Gasteiger partial charge in [-0.15, -0.1) is 0 Å². The molecule has 1 aromatic heterocycles. The molecule has 4 nitrogen and oxygen atoms in total. The Morgan fingerprint density at radius 2 is 2.05 bits per heavy atom. The minimum absolute atomic E-state index is 0.390. The van der Waals surface area contributed by atoms with E-state index in [1.165, 1.54) is 11.1 Å². The molecule has 4 heteroatoms. The van der Waals surface area contributed by atoms with Crippen molar-refractivity contribution < 1.29 is 4.74 Å². The van der Waals surface area contributed by atoms with Crippen molar-refractivity contribution in [3.05, 3.63) is 36.0 Å². The lowest BCUT2D eigenvalue weighted by atomic mass is 10.0. The predicted octanol–water partition coefficient (Wildman–Crippen LogP) is 2.31. The lowest BCUT2D eigenvalue weighted by molar-refractivity contribution is 0.0819. The molecule has 0 spiro atoms. The van der Waals surface area contributed by atoms with Crippen LogP contribution in [0.4, 0.5) is 5.69 Å². The second kappa shape index (κ2) is 5.77. The molecule has 20 heavy (non-hydrogen) atoms. The van der Waals surface area contributed by atoms with Crippen molar-refractivity contribution in [2.24, 2.45) is 5.73 Å². The number of pyridine rings is 1. The molecule has 0 saturated carbocycles. The van der Waals surface area contributed by atoms with Gasteiger partial charge in [0.2, 0.25) is 0 Å². The van der Waals surface area contributed by atoms with Crippen molar-refractivity contribution in [3.8, 4) is 0 Å². The van der Waals surface area contributed by atoms with Crippen molar-refractivity contribution in [3.63, 3.8) is 0 Å². The first kappa shape index (κ1) is 13.3. The third-order valence-corrected chi connectivity index (χ3v) is 4.13. The van der Waals surface area contributed by atoms with Crippen molar-refractivity contribution in [2.45, 2.75) is 25.5 Å². The van der Waals surface area contributed by atoms with Gasteiger partial charge in [-0.2, -0.15) is 0 Å². The SMILES string of the molecule is COC1CCN(c2c(CN)cnc3ccccc23)CC1. The van der Waals surface area contributed by atoms with Gasteiger partial charge in [0.15, 0.2) is 0 Å². The maximum absolute atomic E-state index is 5.91. The van der Waals surface area contributed by atoms with Crippen LogP contribution in [0.5, 0.6) is 0 Å². The van der Waals surface area contributed by atoms with Crippen LogP contribution in [0.1, 0.15) is 18.4 Å². The van der Waals surface area contributed by atoms with Gasteiger partial charge in [0.05, 0.1) is 17.3 Å².